The molecule has 0 aliphatic heterocycles. The van der Waals surface area contributed by atoms with Crippen LogP contribution >= 0.6 is 0 Å². The largest absolute Gasteiger partial charge is 0.496 e. The minimum absolute atomic E-state index is 0.147. The minimum Gasteiger partial charge on any atom is -0.496 e. The summed E-state index contributed by atoms with van der Waals surface area (Å²) in [5.74, 6) is 1.97. The van der Waals surface area contributed by atoms with Gasteiger partial charge in [-0.05, 0) is 50.1 Å². The molecule has 4 rings (SSSR count). The first kappa shape index (κ1) is 20.2. The van der Waals surface area contributed by atoms with E-state index in [1.807, 2.05) is 24.3 Å². The average Bonchev–Trinajstić information content (AvgIpc) is 3.18. The summed E-state index contributed by atoms with van der Waals surface area (Å²) in [6, 6.07) is 25.6. The number of rotatable bonds is 7. The second kappa shape index (κ2) is 8.72. The van der Waals surface area contributed by atoms with E-state index in [4.69, 9.17) is 9.72 Å². The molecule has 4 heteroatoms. The Bertz CT molecular complexity index is 1130. The number of nitrogens with one attached hydrogen (secondary N) is 1. The van der Waals surface area contributed by atoms with Crippen molar-refractivity contribution in [3.05, 3.63) is 84.2 Å². The molecule has 30 heavy (non-hydrogen) atoms. The monoisotopic (exact) mass is 399 g/mol. The van der Waals surface area contributed by atoms with Gasteiger partial charge < -0.3 is 14.6 Å². The van der Waals surface area contributed by atoms with Gasteiger partial charge in [-0.3, -0.25) is 0 Å². The van der Waals surface area contributed by atoms with Crippen LogP contribution in [0.3, 0.4) is 0 Å². The normalized spacial score (nSPS) is 12.4. The number of ether oxygens (including phenoxy) is 1. The lowest BCUT2D eigenvalue weighted by molar-refractivity contribution is 0.416. The number of imidazole rings is 1. The molecule has 0 saturated carbocycles. The Morgan fingerprint density at radius 2 is 1.60 bits per heavy atom. The van der Waals surface area contributed by atoms with E-state index in [9.17, 15) is 0 Å². The molecule has 3 aromatic carbocycles. The van der Waals surface area contributed by atoms with Gasteiger partial charge in [0.05, 0.1) is 24.2 Å². The van der Waals surface area contributed by atoms with Crippen molar-refractivity contribution in [2.75, 3.05) is 7.11 Å². The molecule has 0 aliphatic rings. The molecule has 1 N–H and O–H groups in total. The lowest BCUT2D eigenvalue weighted by atomic mass is 10.0. The predicted molar refractivity (Wildman–Crippen MR) is 124 cm³/mol. The summed E-state index contributed by atoms with van der Waals surface area (Å²) in [6.45, 7) is 7.39. The van der Waals surface area contributed by atoms with Gasteiger partial charge in [-0.2, -0.15) is 0 Å². The summed E-state index contributed by atoms with van der Waals surface area (Å²) in [7, 11) is 1.71. The number of methoxy groups -OCH3 is 1. The molecule has 0 saturated heterocycles. The van der Waals surface area contributed by atoms with Crippen LogP contribution in [0.25, 0.3) is 22.2 Å². The van der Waals surface area contributed by atoms with Crippen LogP contribution in [-0.4, -0.2) is 16.7 Å². The molecule has 1 atom stereocenters. The number of nitrogens with zero attached hydrogens (tertiary/aromatic N) is 2. The van der Waals surface area contributed by atoms with Gasteiger partial charge in [0, 0.05) is 18.2 Å². The first-order valence-corrected chi connectivity index (χ1v) is 10.5. The van der Waals surface area contributed by atoms with Crippen molar-refractivity contribution in [2.45, 2.75) is 39.4 Å². The first-order valence-electron chi connectivity index (χ1n) is 10.5. The molecule has 154 valence electrons. The van der Waals surface area contributed by atoms with Crippen molar-refractivity contribution in [1.29, 1.82) is 0 Å². The average molecular weight is 400 g/mol. The highest BCUT2D eigenvalue weighted by atomic mass is 16.5. The SMILES string of the molecule is COc1ccccc1-c1ccc(CN[C@@H](C)c2nc3ccccc3n2C(C)C)cc1. The molecule has 1 aromatic heterocycles. The first-order chi connectivity index (χ1) is 14.6. The molecule has 0 radical (unpaired) electrons. The Hall–Kier alpha value is -3.11. The van der Waals surface area contributed by atoms with Gasteiger partial charge >= 0.3 is 0 Å². The number of para-hydroxylation sites is 3. The van der Waals surface area contributed by atoms with Gasteiger partial charge in [0.1, 0.15) is 11.6 Å². The summed E-state index contributed by atoms with van der Waals surface area (Å²) in [4.78, 5) is 4.91. The van der Waals surface area contributed by atoms with Crippen molar-refractivity contribution in [1.82, 2.24) is 14.9 Å². The second-order valence-electron chi connectivity index (χ2n) is 7.92. The van der Waals surface area contributed by atoms with Gasteiger partial charge in [0.25, 0.3) is 0 Å². The molecule has 0 amide bonds. The van der Waals surface area contributed by atoms with Crippen LogP contribution in [0.5, 0.6) is 5.75 Å². The molecule has 0 spiro atoms. The lowest BCUT2D eigenvalue weighted by Crippen LogP contribution is -2.22. The fraction of sp³-hybridized carbons (Fsp3) is 0.269. The zero-order chi connectivity index (χ0) is 21.1. The Morgan fingerprint density at radius 1 is 0.900 bits per heavy atom. The van der Waals surface area contributed by atoms with Crippen LogP contribution in [0, 0.1) is 0 Å². The molecule has 0 unspecified atom stereocenters. The summed E-state index contributed by atoms with van der Waals surface area (Å²) in [6.07, 6.45) is 0. The van der Waals surface area contributed by atoms with Crippen molar-refractivity contribution in [3.63, 3.8) is 0 Å². The number of fused-ring (bicyclic) bond motifs is 1. The molecular weight excluding hydrogens is 370 g/mol. The van der Waals surface area contributed by atoms with E-state index in [-0.39, 0.29) is 6.04 Å². The topological polar surface area (TPSA) is 39.1 Å². The molecule has 0 bridgehead atoms. The maximum absolute atomic E-state index is 5.49. The molecule has 1 heterocycles. The minimum atomic E-state index is 0.147. The summed E-state index contributed by atoms with van der Waals surface area (Å²) >= 11 is 0. The zero-order valence-electron chi connectivity index (χ0n) is 18.1. The molecule has 4 aromatic rings. The molecular formula is C26H29N3O. The Balaban J connectivity index is 1.50. The zero-order valence-corrected chi connectivity index (χ0v) is 18.1. The van der Waals surface area contributed by atoms with Crippen molar-refractivity contribution in [3.8, 4) is 16.9 Å². The molecule has 4 nitrogen and oxygen atoms in total. The van der Waals surface area contributed by atoms with E-state index in [1.54, 1.807) is 7.11 Å². The van der Waals surface area contributed by atoms with Gasteiger partial charge in [-0.1, -0.05) is 54.6 Å². The highest BCUT2D eigenvalue weighted by Crippen LogP contribution is 2.30. The van der Waals surface area contributed by atoms with Crippen molar-refractivity contribution >= 4 is 11.0 Å². The van der Waals surface area contributed by atoms with Gasteiger partial charge in [-0.15, -0.1) is 0 Å². The highest BCUT2D eigenvalue weighted by Gasteiger charge is 2.18. The Labute approximate surface area is 178 Å². The third kappa shape index (κ3) is 3.96. The fourth-order valence-electron chi connectivity index (χ4n) is 3.96. The fourth-order valence-corrected chi connectivity index (χ4v) is 3.96. The third-order valence-corrected chi connectivity index (χ3v) is 5.51. The second-order valence-corrected chi connectivity index (χ2v) is 7.92. The quantitative estimate of drug-likeness (QED) is 0.405. The maximum Gasteiger partial charge on any atom is 0.127 e. The smallest absolute Gasteiger partial charge is 0.127 e. The van der Waals surface area contributed by atoms with Crippen LogP contribution in [0.2, 0.25) is 0 Å². The van der Waals surface area contributed by atoms with E-state index in [0.717, 1.165) is 34.8 Å². The number of hydrogen-bond acceptors (Lipinski definition) is 3. The Morgan fingerprint density at radius 3 is 2.33 bits per heavy atom. The van der Waals surface area contributed by atoms with Crippen molar-refractivity contribution in [2.24, 2.45) is 0 Å². The van der Waals surface area contributed by atoms with E-state index in [2.05, 4.69) is 79.2 Å². The number of benzene rings is 3. The van der Waals surface area contributed by atoms with Gasteiger partial charge in [-0.25, -0.2) is 4.98 Å². The van der Waals surface area contributed by atoms with Crippen LogP contribution in [-0.2, 0) is 6.54 Å². The van der Waals surface area contributed by atoms with E-state index in [1.165, 1.54) is 11.1 Å². The van der Waals surface area contributed by atoms with E-state index < -0.39 is 0 Å². The summed E-state index contributed by atoms with van der Waals surface area (Å²) in [5.41, 5.74) is 5.76. The third-order valence-electron chi connectivity index (χ3n) is 5.51. The molecule has 0 aliphatic carbocycles. The summed E-state index contributed by atoms with van der Waals surface area (Å²) in [5, 5.41) is 3.65. The molecule has 0 fully saturated rings. The number of aromatic nitrogens is 2. The Kier molecular flexibility index (Phi) is 5.86. The van der Waals surface area contributed by atoms with Crippen LogP contribution in [0.4, 0.5) is 0 Å². The van der Waals surface area contributed by atoms with Gasteiger partial charge in [0.2, 0.25) is 0 Å². The van der Waals surface area contributed by atoms with Crippen molar-refractivity contribution < 1.29 is 4.74 Å². The number of hydrogen-bond donors (Lipinski definition) is 1. The predicted octanol–water partition coefficient (Wildman–Crippen LogP) is 6.14. The van der Waals surface area contributed by atoms with E-state index in [0.29, 0.717) is 6.04 Å². The standard InChI is InChI=1S/C26H29N3O/c1-18(2)29-24-11-7-6-10-23(24)28-26(29)19(3)27-17-20-13-15-21(16-14-20)22-9-5-8-12-25(22)30-4/h5-16,18-19,27H,17H2,1-4H3/t19-/m0/s1. The maximum atomic E-state index is 5.49. The van der Waals surface area contributed by atoms with Crippen LogP contribution in [0.1, 0.15) is 44.2 Å². The van der Waals surface area contributed by atoms with Crippen LogP contribution < -0.4 is 10.1 Å². The van der Waals surface area contributed by atoms with Gasteiger partial charge in [0.15, 0.2) is 0 Å². The lowest BCUT2D eigenvalue weighted by Gasteiger charge is -2.19. The summed E-state index contributed by atoms with van der Waals surface area (Å²) < 4.78 is 7.82. The van der Waals surface area contributed by atoms with Crippen LogP contribution in [0.15, 0.2) is 72.8 Å². The van der Waals surface area contributed by atoms with E-state index >= 15 is 0 Å². The highest BCUT2D eigenvalue weighted by molar-refractivity contribution is 5.76.